The molecule has 3 heterocycles. The Hall–Kier alpha value is -6.78. The van der Waals surface area contributed by atoms with Gasteiger partial charge in [-0.15, -0.1) is 0 Å². The molecular formula is C84H100BN3. The van der Waals surface area contributed by atoms with Crippen LogP contribution in [0.2, 0.25) is 0 Å². The van der Waals surface area contributed by atoms with E-state index in [0.29, 0.717) is 0 Å². The highest BCUT2D eigenvalue weighted by Gasteiger charge is 2.70. The Kier molecular flexibility index (Phi) is 13.2. The van der Waals surface area contributed by atoms with Gasteiger partial charge in [-0.1, -0.05) is 242 Å². The van der Waals surface area contributed by atoms with Crippen LogP contribution in [0.25, 0.3) is 22.3 Å². The van der Waals surface area contributed by atoms with E-state index in [9.17, 15) is 0 Å². The lowest BCUT2D eigenvalue weighted by Crippen LogP contribution is -2.69. The minimum Gasteiger partial charge on any atom is -0.334 e. The number of hydrogen-bond acceptors (Lipinski definition) is 3. The quantitative estimate of drug-likeness (QED) is 0.159. The molecule has 4 heteroatoms. The summed E-state index contributed by atoms with van der Waals surface area (Å²) in [5.41, 5.74) is 28.1. The zero-order valence-electron chi connectivity index (χ0n) is 57.8. The van der Waals surface area contributed by atoms with Crippen LogP contribution in [0.3, 0.4) is 0 Å². The molecule has 0 bridgehead atoms. The molecule has 1 saturated carbocycles. The van der Waals surface area contributed by atoms with Crippen molar-refractivity contribution in [1.82, 2.24) is 0 Å². The van der Waals surface area contributed by atoms with Crippen molar-refractivity contribution < 1.29 is 0 Å². The third-order valence-corrected chi connectivity index (χ3v) is 23.6. The Labute approximate surface area is 531 Å². The second-order valence-electron chi connectivity index (χ2n) is 34.7. The van der Waals surface area contributed by atoms with Gasteiger partial charge in [0.1, 0.15) is 0 Å². The van der Waals surface area contributed by atoms with Crippen LogP contribution in [0.15, 0.2) is 158 Å². The standard InChI is InChI=1S/C84H100BN3/c1-75(2,3)55-33-38-67(60(45-55)53-29-25-23-26-30-53)86-70-50-59(88-69-40-35-57(77(7,8)9)47-64(69)83(21)81(17,18)43-44-82(19,20)84(83,88)22)36-37-65(70)85-66-51-62-63(80(15,16)42-41-79(62,13)14)52-71(66)87(73-49-58(78(10,11)12)48-72(86)74(73)85)68-39-34-56(76(4,5)6)46-61(68)54-31-27-24-28-32-54/h23-40,45-52H,41-44H2,1-22H3. The van der Waals surface area contributed by atoms with E-state index in [1.165, 1.54) is 130 Å². The number of hydrogen-bond donors (Lipinski definition) is 0. The number of anilines is 8. The predicted octanol–water partition coefficient (Wildman–Crippen LogP) is 21.7. The van der Waals surface area contributed by atoms with Crippen LogP contribution in [0.5, 0.6) is 0 Å². The van der Waals surface area contributed by atoms with E-state index in [0.717, 1.165) is 19.3 Å². The Balaban J connectivity index is 1.19. The molecule has 1 fully saturated rings. The molecule has 2 aliphatic carbocycles. The maximum Gasteiger partial charge on any atom is 0.252 e. The second-order valence-corrected chi connectivity index (χ2v) is 34.7. The normalized spacial score (nSPS) is 21.2. The lowest BCUT2D eigenvalue weighted by molar-refractivity contribution is -0.0415. The van der Waals surface area contributed by atoms with Gasteiger partial charge in [-0.25, -0.2) is 0 Å². The molecule has 0 amide bonds. The van der Waals surface area contributed by atoms with E-state index in [2.05, 4.69) is 325 Å². The Bertz CT molecular complexity index is 4130. The first-order valence-corrected chi connectivity index (χ1v) is 33.4. The number of nitrogens with zero attached hydrogens (tertiary/aromatic N) is 3. The van der Waals surface area contributed by atoms with Gasteiger partial charge in [0.2, 0.25) is 0 Å². The first kappa shape index (κ1) is 60.2. The summed E-state index contributed by atoms with van der Waals surface area (Å²) in [7, 11) is 0. The molecule has 0 saturated heterocycles. The van der Waals surface area contributed by atoms with Gasteiger partial charge >= 0.3 is 0 Å². The van der Waals surface area contributed by atoms with Crippen molar-refractivity contribution in [2.24, 2.45) is 10.8 Å². The first-order chi connectivity index (χ1) is 40.9. The molecule has 0 spiro atoms. The smallest absolute Gasteiger partial charge is 0.252 e. The number of benzene rings is 8. The van der Waals surface area contributed by atoms with Crippen molar-refractivity contribution in [2.45, 2.75) is 221 Å². The summed E-state index contributed by atoms with van der Waals surface area (Å²) >= 11 is 0. The van der Waals surface area contributed by atoms with E-state index in [-0.39, 0.29) is 61.0 Å². The largest absolute Gasteiger partial charge is 0.334 e. The summed E-state index contributed by atoms with van der Waals surface area (Å²) in [6.45, 7) is 54.1. The molecule has 2 unspecified atom stereocenters. The van der Waals surface area contributed by atoms with Crippen molar-refractivity contribution in [3.8, 4) is 22.3 Å². The fraction of sp³-hybridized carbons (Fsp3) is 0.429. The fourth-order valence-corrected chi connectivity index (χ4v) is 17.1. The fourth-order valence-electron chi connectivity index (χ4n) is 17.1. The molecule has 8 aromatic rings. The monoisotopic (exact) mass is 1160 g/mol. The van der Waals surface area contributed by atoms with Gasteiger partial charge in [-0.3, -0.25) is 0 Å². The van der Waals surface area contributed by atoms with E-state index >= 15 is 0 Å². The van der Waals surface area contributed by atoms with Crippen LogP contribution in [0, 0.1) is 10.8 Å². The highest BCUT2D eigenvalue weighted by molar-refractivity contribution is 7.00. The van der Waals surface area contributed by atoms with Gasteiger partial charge in [0.15, 0.2) is 0 Å². The van der Waals surface area contributed by atoms with Gasteiger partial charge in [-0.2, -0.15) is 0 Å². The topological polar surface area (TPSA) is 9.72 Å². The predicted molar refractivity (Wildman–Crippen MR) is 383 cm³/mol. The van der Waals surface area contributed by atoms with E-state index in [4.69, 9.17) is 0 Å². The lowest BCUT2D eigenvalue weighted by Gasteiger charge is -2.65. The molecule has 0 radical (unpaired) electrons. The zero-order chi connectivity index (χ0) is 63.2. The number of rotatable bonds is 5. The van der Waals surface area contributed by atoms with E-state index in [1.54, 1.807) is 0 Å². The summed E-state index contributed by atoms with van der Waals surface area (Å²) < 4.78 is 0. The van der Waals surface area contributed by atoms with E-state index in [1.807, 2.05) is 0 Å². The highest BCUT2D eigenvalue weighted by Crippen LogP contribution is 2.72. The van der Waals surface area contributed by atoms with Crippen LogP contribution in [0.1, 0.15) is 217 Å². The molecule has 0 aromatic heterocycles. The van der Waals surface area contributed by atoms with Gasteiger partial charge in [0.25, 0.3) is 6.71 Å². The van der Waals surface area contributed by atoms with Crippen molar-refractivity contribution in [3.63, 3.8) is 0 Å². The van der Waals surface area contributed by atoms with Crippen LogP contribution in [0.4, 0.5) is 45.5 Å². The SMILES string of the molecule is CC(C)(C)c1ccc(N2c3cc(N4c5ccc(C(C)(C)C)cc5C5(C)C(C)(C)CCC(C)(C)C45C)ccc3B3c4cc5c(cc4N(c4ccc(C(C)(C)C)cc4-c4ccccc4)c4cc(C(C)(C)C)cc2c43)C(C)(C)CCC5(C)C)c(-c2ccccc2)c1. The van der Waals surface area contributed by atoms with Crippen LogP contribution < -0.4 is 31.1 Å². The minimum absolute atomic E-state index is 0.00207. The first-order valence-electron chi connectivity index (χ1n) is 33.4. The molecule has 3 aliphatic heterocycles. The lowest BCUT2D eigenvalue weighted by atomic mass is 9.33. The highest BCUT2D eigenvalue weighted by atomic mass is 15.3. The Morgan fingerprint density at radius 3 is 1.25 bits per heavy atom. The van der Waals surface area contributed by atoms with Gasteiger partial charge in [-0.05, 0) is 203 Å². The van der Waals surface area contributed by atoms with Crippen molar-refractivity contribution in [1.29, 1.82) is 0 Å². The van der Waals surface area contributed by atoms with Gasteiger partial charge in [0, 0.05) is 50.7 Å². The van der Waals surface area contributed by atoms with Crippen LogP contribution in [-0.2, 0) is 37.9 Å². The summed E-state index contributed by atoms with van der Waals surface area (Å²) in [6.07, 6.45) is 4.59. The average Bonchev–Trinajstić information content (AvgIpc) is 1.81. The molecular weight excluding hydrogens is 1060 g/mol. The van der Waals surface area contributed by atoms with E-state index < -0.39 is 0 Å². The molecule has 8 aromatic carbocycles. The van der Waals surface area contributed by atoms with Crippen molar-refractivity contribution >= 4 is 68.6 Å². The second kappa shape index (κ2) is 19.4. The van der Waals surface area contributed by atoms with Gasteiger partial charge < -0.3 is 14.7 Å². The maximum absolute atomic E-state index is 2.87. The summed E-state index contributed by atoms with van der Waals surface area (Å²) in [5.74, 6) is 0. The summed E-state index contributed by atoms with van der Waals surface area (Å²) in [6, 6.07) is 63.4. The Morgan fingerprint density at radius 2 is 0.773 bits per heavy atom. The number of fused-ring (bicyclic) bond motifs is 8. The maximum atomic E-state index is 2.87. The zero-order valence-corrected chi connectivity index (χ0v) is 57.8. The summed E-state index contributed by atoms with van der Waals surface area (Å²) in [5, 5.41) is 0. The van der Waals surface area contributed by atoms with Crippen LogP contribution in [-0.4, -0.2) is 12.3 Å². The molecule has 13 rings (SSSR count). The molecule has 2 atom stereocenters. The third-order valence-electron chi connectivity index (χ3n) is 23.6. The van der Waals surface area contributed by atoms with Crippen LogP contribution >= 0.6 is 0 Å². The van der Waals surface area contributed by atoms with Crippen molar-refractivity contribution in [3.05, 3.63) is 197 Å². The third kappa shape index (κ3) is 8.84. The molecule has 88 heavy (non-hydrogen) atoms. The minimum atomic E-state index is -0.295. The summed E-state index contributed by atoms with van der Waals surface area (Å²) in [4.78, 5) is 8.36. The molecule has 0 N–H and O–H groups in total. The van der Waals surface area contributed by atoms with Crippen molar-refractivity contribution in [2.75, 3.05) is 14.7 Å². The average molecular weight is 1160 g/mol. The molecule has 454 valence electrons. The molecule has 5 aliphatic rings. The Morgan fingerprint density at radius 1 is 0.341 bits per heavy atom. The van der Waals surface area contributed by atoms with Gasteiger partial charge in [0.05, 0.1) is 16.9 Å². The molecule has 3 nitrogen and oxygen atoms in total.